The molecule has 57 valence electrons. The van der Waals surface area contributed by atoms with Crippen LogP contribution < -0.4 is 0 Å². The summed E-state index contributed by atoms with van der Waals surface area (Å²) >= 11 is 6.59. The van der Waals surface area contributed by atoms with Crippen LogP contribution in [0.2, 0.25) is 0 Å². The number of hydrogen-bond donors (Lipinski definition) is 1. The molecule has 4 heteroatoms. The molecule has 0 unspecified atom stereocenters. The van der Waals surface area contributed by atoms with Crippen molar-refractivity contribution < 1.29 is 16.8 Å². The van der Waals surface area contributed by atoms with Gasteiger partial charge < -0.3 is 4.98 Å². The average molecular weight is 226 g/mol. The third-order valence-corrected chi connectivity index (χ3v) is 2.54. The number of benzene rings is 1. The summed E-state index contributed by atoms with van der Waals surface area (Å²) in [7, 11) is 0. The SMILES string of the molecule is S=c1[nH]c2ccccc2s1.[Co+2]. The molecule has 0 bridgehead atoms. The van der Waals surface area contributed by atoms with E-state index in [2.05, 4.69) is 11.1 Å². The van der Waals surface area contributed by atoms with Crippen molar-refractivity contribution in [2.75, 3.05) is 0 Å². The van der Waals surface area contributed by atoms with Gasteiger partial charge in [-0.2, -0.15) is 0 Å². The van der Waals surface area contributed by atoms with Crippen molar-refractivity contribution in [3.05, 3.63) is 28.2 Å². The topological polar surface area (TPSA) is 15.8 Å². The molecule has 0 aliphatic rings. The first kappa shape index (κ1) is 8.93. The minimum atomic E-state index is 0. The van der Waals surface area contributed by atoms with E-state index in [9.17, 15) is 0 Å². The molecule has 0 aliphatic heterocycles. The quantitative estimate of drug-likeness (QED) is 0.683. The zero-order valence-corrected chi connectivity index (χ0v) is 8.13. The summed E-state index contributed by atoms with van der Waals surface area (Å²) in [5, 5.41) is 0. The number of para-hydroxylation sites is 1. The molecule has 1 radical (unpaired) electrons. The summed E-state index contributed by atoms with van der Waals surface area (Å²) in [6.07, 6.45) is 0. The first-order valence-electron chi connectivity index (χ1n) is 2.94. The number of hydrogen-bond acceptors (Lipinski definition) is 2. The van der Waals surface area contributed by atoms with Gasteiger partial charge in [-0.3, -0.25) is 0 Å². The van der Waals surface area contributed by atoms with Crippen LogP contribution >= 0.6 is 23.6 Å². The van der Waals surface area contributed by atoms with Crippen LogP contribution in [-0.2, 0) is 16.8 Å². The van der Waals surface area contributed by atoms with Gasteiger partial charge in [-0.1, -0.05) is 12.1 Å². The molecule has 0 aliphatic carbocycles. The van der Waals surface area contributed by atoms with Gasteiger partial charge in [-0.15, -0.1) is 11.3 Å². The summed E-state index contributed by atoms with van der Waals surface area (Å²) in [6.45, 7) is 0. The summed E-state index contributed by atoms with van der Waals surface area (Å²) in [6, 6.07) is 8.11. The van der Waals surface area contributed by atoms with Crippen LogP contribution in [0, 0.1) is 3.95 Å². The predicted octanol–water partition coefficient (Wildman–Crippen LogP) is 2.96. The van der Waals surface area contributed by atoms with Crippen molar-refractivity contribution in [1.82, 2.24) is 4.98 Å². The Kier molecular flexibility index (Phi) is 2.83. The second kappa shape index (κ2) is 3.49. The molecule has 0 fully saturated rings. The van der Waals surface area contributed by atoms with E-state index in [0.717, 1.165) is 9.47 Å². The Morgan fingerprint density at radius 1 is 1.27 bits per heavy atom. The van der Waals surface area contributed by atoms with E-state index in [1.54, 1.807) is 11.3 Å². The summed E-state index contributed by atoms with van der Waals surface area (Å²) < 4.78 is 2.08. The minimum Gasteiger partial charge on any atom is -0.337 e. The smallest absolute Gasteiger partial charge is 0.337 e. The third kappa shape index (κ3) is 1.70. The van der Waals surface area contributed by atoms with Crippen molar-refractivity contribution in [2.45, 2.75) is 0 Å². The monoisotopic (exact) mass is 226 g/mol. The van der Waals surface area contributed by atoms with E-state index < -0.39 is 0 Å². The molecule has 1 heterocycles. The Morgan fingerprint density at radius 2 is 2.00 bits per heavy atom. The van der Waals surface area contributed by atoms with Crippen molar-refractivity contribution in [2.24, 2.45) is 0 Å². The molecular weight excluding hydrogens is 221 g/mol. The number of nitrogens with one attached hydrogen (secondary N) is 1. The molecule has 0 amide bonds. The maximum atomic E-state index is 4.98. The van der Waals surface area contributed by atoms with E-state index >= 15 is 0 Å². The van der Waals surface area contributed by atoms with Gasteiger partial charge in [-0.05, 0) is 24.4 Å². The van der Waals surface area contributed by atoms with Crippen molar-refractivity contribution in [1.29, 1.82) is 0 Å². The number of aromatic nitrogens is 1. The van der Waals surface area contributed by atoms with Gasteiger partial charge in [0, 0.05) is 0 Å². The van der Waals surface area contributed by atoms with Gasteiger partial charge in [0.2, 0.25) is 0 Å². The fourth-order valence-electron chi connectivity index (χ4n) is 0.894. The van der Waals surface area contributed by atoms with Crippen LogP contribution in [0.3, 0.4) is 0 Å². The molecule has 0 spiro atoms. The number of rotatable bonds is 0. The van der Waals surface area contributed by atoms with Crippen LogP contribution in [0.5, 0.6) is 0 Å². The molecule has 1 nitrogen and oxygen atoms in total. The van der Waals surface area contributed by atoms with E-state index in [1.807, 2.05) is 18.2 Å². The van der Waals surface area contributed by atoms with E-state index in [-0.39, 0.29) is 16.8 Å². The standard InChI is InChI=1S/C7H5NS2.Co/c9-7-8-5-3-1-2-4-6(5)10-7;/h1-4H,(H,8,9);/q;+2. The zero-order chi connectivity index (χ0) is 6.97. The van der Waals surface area contributed by atoms with Crippen LogP contribution in [-0.4, -0.2) is 4.98 Å². The van der Waals surface area contributed by atoms with Gasteiger partial charge >= 0.3 is 16.8 Å². The van der Waals surface area contributed by atoms with Crippen LogP contribution in [0.4, 0.5) is 0 Å². The van der Waals surface area contributed by atoms with E-state index in [1.165, 1.54) is 4.70 Å². The average Bonchev–Trinajstić information content (AvgIpc) is 2.27. The molecule has 0 saturated carbocycles. The first-order valence-corrected chi connectivity index (χ1v) is 4.16. The minimum absolute atomic E-state index is 0. The van der Waals surface area contributed by atoms with Crippen molar-refractivity contribution in [3.63, 3.8) is 0 Å². The first-order chi connectivity index (χ1) is 4.86. The second-order valence-corrected chi connectivity index (χ2v) is 3.73. The Labute approximate surface area is 83.7 Å². The van der Waals surface area contributed by atoms with Crippen molar-refractivity contribution in [3.8, 4) is 0 Å². The molecule has 2 rings (SSSR count). The fourth-order valence-corrected chi connectivity index (χ4v) is 2.01. The fraction of sp³-hybridized carbons (Fsp3) is 0. The Balaban J connectivity index is 0.000000605. The van der Waals surface area contributed by atoms with Gasteiger partial charge in [0.05, 0.1) is 10.2 Å². The van der Waals surface area contributed by atoms with Gasteiger partial charge in [-0.25, -0.2) is 0 Å². The number of fused-ring (bicyclic) bond motifs is 1. The number of H-pyrrole nitrogens is 1. The third-order valence-electron chi connectivity index (χ3n) is 1.33. The molecule has 11 heavy (non-hydrogen) atoms. The summed E-state index contributed by atoms with van der Waals surface area (Å²) in [5.74, 6) is 0. The molecule has 2 aromatic rings. The van der Waals surface area contributed by atoms with Crippen molar-refractivity contribution >= 4 is 33.8 Å². The summed E-state index contributed by atoms with van der Waals surface area (Å²) in [4.78, 5) is 3.09. The maximum absolute atomic E-state index is 4.98. The van der Waals surface area contributed by atoms with E-state index in [0.29, 0.717) is 0 Å². The molecule has 1 aromatic heterocycles. The molecule has 1 N–H and O–H groups in total. The summed E-state index contributed by atoms with van der Waals surface area (Å²) in [5.41, 5.74) is 1.14. The predicted molar refractivity (Wildman–Crippen MR) is 47.0 cm³/mol. The Morgan fingerprint density at radius 3 is 2.73 bits per heavy atom. The largest absolute Gasteiger partial charge is 2.00 e. The van der Waals surface area contributed by atoms with Gasteiger partial charge in [0.1, 0.15) is 0 Å². The number of aromatic amines is 1. The van der Waals surface area contributed by atoms with Gasteiger partial charge in [0.25, 0.3) is 0 Å². The van der Waals surface area contributed by atoms with Crippen LogP contribution in [0.15, 0.2) is 24.3 Å². The number of thiazole rings is 1. The molecular formula is C7H5CoNS2+2. The zero-order valence-electron chi connectivity index (χ0n) is 5.46. The van der Waals surface area contributed by atoms with Crippen LogP contribution in [0.25, 0.3) is 10.2 Å². The maximum Gasteiger partial charge on any atom is 2.00 e. The normalized spacial score (nSPS) is 9.45. The van der Waals surface area contributed by atoms with Crippen LogP contribution in [0.1, 0.15) is 0 Å². The molecule has 1 aromatic carbocycles. The molecule has 0 saturated heterocycles. The second-order valence-electron chi connectivity index (χ2n) is 2.01. The van der Waals surface area contributed by atoms with Gasteiger partial charge in [0.15, 0.2) is 3.95 Å². The molecule has 0 atom stereocenters. The van der Waals surface area contributed by atoms with E-state index in [4.69, 9.17) is 12.2 Å². The Bertz CT molecular complexity index is 368. The Hall–Kier alpha value is -0.164.